The van der Waals surface area contributed by atoms with Crippen molar-refractivity contribution in [1.29, 1.82) is 0 Å². The van der Waals surface area contributed by atoms with Crippen LogP contribution in [-0.2, 0) is 13.3 Å². The summed E-state index contributed by atoms with van der Waals surface area (Å²) in [4.78, 5) is 10.3. The average molecular weight is 297 g/mol. The molecule has 0 heterocycles. The highest BCUT2D eigenvalue weighted by molar-refractivity contribution is 7.80. The second kappa shape index (κ2) is 11.3. The van der Waals surface area contributed by atoms with Gasteiger partial charge in [0.25, 0.3) is 0 Å². The Hall–Kier alpha value is 0.407. The van der Waals surface area contributed by atoms with E-state index in [1.807, 2.05) is 20.8 Å². The Kier molecular flexibility index (Phi) is 11.5. The zero-order valence-corrected chi connectivity index (χ0v) is 13.7. The molecule has 0 aromatic carbocycles. The monoisotopic (exact) mass is 296 g/mol. The highest BCUT2D eigenvalue weighted by atomic mass is 32.1. The number of thiol groups is 1. The predicted molar refractivity (Wildman–Crippen MR) is 78.7 cm³/mol. The van der Waals surface area contributed by atoms with Gasteiger partial charge in [0.1, 0.15) is 0 Å². The maximum Gasteiger partial charge on any atom is 0.677 e. The topological polar surface area (TPSA) is 47.9 Å². The molecule has 1 unspecified atom stereocenters. The van der Waals surface area contributed by atoms with Crippen LogP contribution in [0.25, 0.3) is 0 Å². The lowest BCUT2D eigenvalue weighted by molar-refractivity contribution is -0.0358. The van der Waals surface area contributed by atoms with E-state index in [9.17, 15) is 4.80 Å². The first-order chi connectivity index (χ1) is 8.61. The third-order valence-electron chi connectivity index (χ3n) is 2.43. The van der Waals surface area contributed by atoms with Crippen LogP contribution < -0.4 is 0 Å². The van der Waals surface area contributed by atoms with Gasteiger partial charge in [-0.05, 0) is 37.9 Å². The van der Waals surface area contributed by atoms with Crippen LogP contribution in [-0.4, -0.2) is 38.9 Å². The summed E-state index contributed by atoms with van der Waals surface area (Å²) in [5.74, 6) is 0.825. The molecule has 0 saturated heterocycles. The molecular weight excluding hydrogens is 268 g/mol. The second-order valence-electron chi connectivity index (χ2n) is 4.23. The van der Waals surface area contributed by atoms with Crippen molar-refractivity contribution in [2.75, 3.05) is 19.0 Å². The molecule has 0 aliphatic rings. The lowest BCUT2D eigenvalue weighted by atomic mass is 10.2. The van der Waals surface area contributed by atoms with Crippen molar-refractivity contribution in [3.63, 3.8) is 0 Å². The third kappa shape index (κ3) is 8.50. The summed E-state index contributed by atoms with van der Waals surface area (Å²) < 4.78 is 16.6. The van der Waals surface area contributed by atoms with Gasteiger partial charge in [0, 0.05) is 13.2 Å². The highest BCUT2D eigenvalue weighted by Gasteiger charge is 2.43. The third-order valence-corrected chi connectivity index (χ3v) is 4.52. The molecule has 0 bridgehead atoms. The van der Waals surface area contributed by atoms with Crippen molar-refractivity contribution >= 4 is 21.7 Å². The first kappa shape index (κ1) is 18.4. The second-order valence-corrected chi connectivity index (χ2v) is 6.54. The van der Waals surface area contributed by atoms with E-state index >= 15 is 0 Å². The molecule has 0 spiro atoms. The molecular formula is C12H28O4SSi. The molecule has 1 N–H and O–H groups in total. The quantitative estimate of drug-likeness (QED) is 0.429. The summed E-state index contributed by atoms with van der Waals surface area (Å²) >= 11 is 4.19. The minimum absolute atomic E-state index is 0.0115. The Morgan fingerprint density at radius 1 is 1.11 bits per heavy atom. The van der Waals surface area contributed by atoms with E-state index in [2.05, 4.69) is 12.6 Å². The van der Waals surface area contributed by atoms with Gasteiger partial charge in [0.2, 0.25) is 0 Å². The maximum absolute atomic E-state index is 10.3. The van der Waals surface area contributed by atoms with Gasteiger partial charge in [0.15, 0.2) is 0 Å². The van der Waals surface area contributed by atoms with Gasteiger partial charge in [0.05, 0.1) is 6.10 Å². The van der Waals surface area contributed by atoms with Crippen molar-refractivity contribution in [1.82, 2.24) is 0 Å². The molecule has 0 amide bonds. The van der Waals surface area contributed by atoms with Crippen LogP contribution in [0.5, 0.6) is 0 Å². The average Bonchev–Trinajstić information content (AvgIpc) is 2.39. The van der Waals surface area contributed by atoms with Crippen LogP contribution in [0.15, 0.2) is 0 Å². The summed E-state index contributed by atoms with van der Waals surface area (Å²) in [5.41, 5.74) is 0. The maximum atomic E-state index is 10.3. The fourth-order valence-electron chi connectivity index (χ4n) is 1.45. The summed E-state index contributed by atoms with van der Waals surface area (Å²) in [6, 6.07) is 0. The first-order valence-electron chi connectivity index (χ1n) is 6.90. The van der Waals surface area contributed by atoms with Gasteiger partial charge in [-0.1, -0.05) is 20.8 Å². The first-order valence-corrected chi connectivity index (χ1v) is 9.21. The Morgan fingerprint density at radius 2 is 1.67 bits per heavy atom. The number of rotatable bonds is 12. The molecule has 0 saturated carbocycles. The molecule has 0 fully saturated rings. The summed E-state index contributed by atoms with van der Waals surface area (Å²) in [5, 5.41) is 0. The molecule has 0 rings (SSSR count). The van der Waals surface area contributed by atoms with Crippen LogP contribution in [0.4, 0.5) is 0 Å². The normalized spacial score (nSPS) is 13.8. The van der Waals surface area contributed by atoms with Crippen molar-refractivity contribution in [2.45, 2.75) is 59.0 Å². The Labute approximate surface area is 118 Å². The van der Waals surface area contributed by atoms with Crippen molar-refractivity contribution in [2.24, 2.45) is 0 Å². The molecule has 18 heavy (non-hydrogen) atoms. The minimum atomic E-state index is -3.45. The van der Waals surface area contributed by atoms with Crippen molar-refractivity contribution in [3.05, 3.63) is 0 Å². The Morgan fingerprint density at radius 3 is 2.06 bits per heavy atom. The van der Waals surface area contributed by atoms with Crippen LogP contribution in [0.2, 0.25) is 0 Å². The van der Waals surface area contributed by atoms with Gasteiger partial charge >= 0.3 is 9.05 Å². The summed E-state index contributed by atoms with van der Waals surface area (Å²) in [6.45, 7) is 6.96. The van der Waals surface area contributed by atoms with E-state index in [4.69, 9.17) is 13.3 Å². The lowest BCUT2D eigenvalue weighted by Crippen LogP contribution is -2.49. The molecule has 0 radical (unpaired) electrons. The molecule has 0 aromatic heterocycles. The molecule has 1 atom stereocenters. The molecule has 0 aromatic rings. The summed E-state index contributed by atoms with van der Waals surface area (Å²) in [6.07, 6.45) is 4.34. The number of hydrogen-bond donors (Lipinski definition) is 2. The van der Waals surface area contributed by atoms with Gasteiger partial charge in [-0.25, -0.2) is 0 Å². The van der Waals surface area contributed by atoms with Gasteiger partial charge in [-0.2, -0.15) is 12.6 Å². The molecule has 0 aliphatic carbocycles. The van der Waals surface area contributed by atoms with Crippen LogP contribution >= 0.6 is 12.6 Å². The van der Waals surface area contributed by atoms with Crippen molar-refractivity contribution < 1.29 is 18.1 Å². The Balaban J connectivity index is 4.32. The fraction of sp³-hybridized carbons (Fsp3) is 1.00. The smallest absolute Gasteiger partial charge is 0.367 e. The molecule has 4 nitrogen and oxygen atoms in total. The Bertz CT molecular complexity index is 187. The zero-order valence-electron chi connectivity index (χ0n) is 11.9. The lowest BCUT2D eigenvalue weighted by Gasteiger charge is -2.27. The fourth-order valence-corrected chi connectivity index (χ4v) is 3.48. The summed E-state index contributed by atoms with van der Waals surface area (Å²) in [7, 11) is -3.45. The molecule has 0 aliphatic heterocycles. The van der Waals surface area contributed by atoms with E-state index in [0.29, 0.717) is 13.2 Å². The van der Waals surface area contributed by atoms with Crippen molar-refractivity contribution in [3.8, 4) is 0 Å². The van der Waals surface area contributed by atoms with Gasteiger partial charge in [-0.3, -0.25) is 0 Å². The van der Waals surface area contributed by atoms with E-state index < -0.39 is 9.05 Å². The van der Waals surface area contributed by atoms with Gasteiger partial charge < -0.3 is 18.1 Å². The predicted octanol–water partition coefficient (Wildman–Crippen LogP) is 2.77. The van der Waals surface area contributed by atoms with E-state index in [1.165, 1.54) is 0 Å². The largest absolute Gasteiger partial charge is 0.677 e. The molecule has 110 valence electrons. The van der Waals surface area contributed by atoms with E-state index in [0.717, 1.165) is 37.9 Å². The van der Waals surface area contributed by atoms with E-state index in [1.54, 1.807) is 0 Å². The van der Waals surface area contributed by atoms with Crippen LogP contribution in [0, 0.1) is 0 Å². The van der Waals surface area contributed by atoms with Crippen LogP contribution in [0.3, 0.4) is 0 Å². The standard InChI is InChI=1S/C12H28O4SSi/c1-4-9-14-18(13,15-10-5-2)16-12(6-3)8-7-11-17/h12-13,17H,4-11H2,1-3H3. The number of hydrogen-bond acceptors (Lipinski definition) is 5. The van der Waals surface area contributed by atoms with Crippen LogP contribution in [0.1, 0.15) is 52.9 Å². The molecule has 6 heteroatoms. The van der Waals surface area contributed by atoms with E-state index in [-0.39, 0.29) is 6.10 Å². The minimum Gasteiger partial charge on any atom is -0.367 e. The SMILES string of the molecule is CCCO[Si](O)(OCCC)OC(CC)CCCS. The highest BCUT2D eigenvalue weighted by Crippen LogP contribution is 2.16. The zero-order chi connectivity index (χ0) is 13.9. The van der Waals surface area contributed by atoms with Gasteiger partial charge in [-0.15, -0.1) is 0 Å².